The molecule has 10 nitrogen and oxygen atoms in total. The molecular weight excluding hydrogens is 424 g/mol. The van der Waals surface area contributed by atoms with Gasteiger partial charge in [-0.1, -0.05) is 0 Å². The maximum atomic E-state index is 13.3. The van der Waals surface area contributed by atoms with Crippen LogP contribution < -0.4 is 10.6 Å². The Bertz CT molecular complexity index is 940. The van der Waals surface area contributed by atoms with Gasteiger partial charge in [-0.25, -0.2) is 4.79 Å². The minimum absolute atomic E-state index is 0.0250. The number of nitrogens with zero attached hydrogens (tertiary/aromatic N) is 4. The zero-order valence-corrected chi connectivity index (χ0v) is 19.2. The summed E-state index contributed by atoms with van der Waals surface area (Å²) in [6, 6.07) is 5.97. The third-order valence-electron chi connectivity index (χ3n) is 6.00. The van der Waals surface area contributed by atoms with Gasteiger partial charge in [0.1, 0.15) is 6.10 Å². The van der Waals surface area contributed by atoms with Crippen LogP contribution in [-0.4, -0.2) is 77.2 Å². The first-order valence-corrected chi connectivity index (χ1v) is 11.5. The fourth-order valence-corrected chi connectivity index (χ4v) is 4.12. The number of amides is 2. The molecule has 0 bridgehead atoms. The van der Waals surface area contributed by atoms with Crippen molar-refractivity contribution >= 4 is 12.0 Å². The third kappa shape index (κ3) is 5.69. The van der Waals surface area contributed by atoms with Gasteiger partial charge in [0.25, 0.3) is 5.91 Å². The molecule has 1 saturated heterocycles. The van der Waals surface area contributed by atoms with Gasteiger partial charge in [-0.15, -0.1) is 0 Å². The van der Waals surface area contributed by atoms with E-state index in [1.165, 1.54) is 7.11 Å². The lowest BCUT2D eigenvalue weighted by atomic mass is 10.1. The number of morpholine rings is 1. The topological polar surface area (TPSA) is 111 Å². The van der Waals surface area contributed by atoms with Crippen molar-refractivity contribution in [1.29, 1.82) is 0 Å². The molecule has 0 spiro atoms. The molecule has 2 amide bonds. The summed E-state index contributed by atoms with van der Waals surface area (Å²) in [5.74, 6) is 0.0250. The molecule has 3 heterocycles. The molecule has 0 radical (unpaired) electrons. The van der Waals surface area contributed by atoms with E-state index in [4.69, 9.17) is 9.84 Å². The van der Waals surface area contributed by atoms with Gasteiger partial charge in [-0.05, 0) is 44.4 Å². The molecule has 2 aliphatic rings. The summed E-state index contributed by atoms with van der Waals surface area (Å²) in [6.45, 7) is 4.97. The molecule has 0 unspecified atom stereocenters. The summed E-state index contributed by atoms with van der Waals surface area (Å²) in [5, 5.41) is 10.8. The maximum Gasteiger partial charge on any atom is 0.406 e. The van der Waals surface area contributed by atoms with Crippen LogP contribution in [0.15, 0.2) is 30.6 Å². The summed E-state index contributed by atoms with van der Waals surface area (Å²) in [4.78, 5) is 30.9. The van der Waals surface area contributed by atoms with Crippen LogP contribution in [0.25, 0.3) is 11.3 Å². The lowest BCUT2D eigenvalue weighted by molar-refractivity contribution is -0.148. The number of nitrogens with one attached hydrogen (secondary N) is 2. The van der Waals surface area contributed by atoms with Gasteiger partial charge in [0.05, 0.1) is 31.1 Å². The average molecular weight is 457 g/mol. The van der Waals surface area contributed by atoms with Crippen LogP contribution in [0, 0.1) is 0 Å². The summed E-state index contributed by atoms with van der Waals surface area (Å²) in [6.07, 6.45) is 5.34. The van der Waals surface area contributed by atoms with Crippen molar-refractivity contribution in [2.24, 2.45) is 0 Å². The van der Waals surface area contributed by atoms with Crippen LogP contribution in [0.4, 0.5) is 4.79 Å². The second-order valence-corrected chi connectivity index (χ2v) is 8.41. The van der Waals surface area contributed by atoms with Crippen molar-refractivity contribution in [3.05, 3.63) is 36.3 Å². The number of aryl methyl sites for hydroxylation is 1. The number of carbonyl (C=O) groups excluding carboxylic acids is 2. The number of ether oxygens (including phenoxy) is 2. The fourth-order valence-electron chi connectivity index (χ4n) is 4.12. The molecule has 0 aromatic carbocycles. The number of alkyl carbamates (subject to hydrolysis) is 1. The van der Waals surface area contributed by atoms with Crippen LogP contribution >= 0.6 is 0 Å². The van der Waals surface area contributed by atoms with Crippen LogP contribution in [0.5, 0.6) is 0 Å². The first-order valence-electron chi connectivity index (χ1n) is 11.5. The lowest BCUT2D eigenvalue weighted by Crippen LogP contribution is -2.50. The highest BCUT2D eigenvalue weighted by Crippen LogP contribution is 2.36. The highest BCUT2D eigenvalue weighted by molar-refractivity contribution is 5.82. The number of aromatic nitrogens is 3. The van der Waals surface area contributed by atoms with E-state index in [2.05, 4.69) is 20.4 Å². The summed E-state index contributed by atoms with van der Waals surface area (Å²) < 4.78 is 12.3. The van der Waals surface area contributed by atoms with Gasteiger partial charge >= 0.3 is 6.09 Å². The molecular formula is C23H32N6O4. The molecule has 178 valence electrons. The van der Waals surface area contributed by atoms with Crippen LogP contribution in [0.3, 0.4) is 0 Å². The van der Waals surface area contributed by atoms with Crippen molar-refractivity contribution in [2.75, 3.05) is 33.4 Å². The van der Waals surface area contributed by atoms with Crippen LogP contribution in [0.1, 0.15) is 37.9 Å². The highest BCUT2D eigenvalue weighted by atomic mass is 16.5. The minimum Gasteiger partial charge on any atom is -0.453 e. The van der Waals surface area contributed by atoms with Crippen LogP contribution in [-0.2, 0) is 20.8 Å². The molecule has 1 aliphatic heterocycles. The van der Waals surface area contributed by atoms with Gasteiger partial charge in [0, 0.05) is 50.2 Å². The highest BCUT2D eigenvalue weighted by Gasteiger charge is 2.40. The monoisotopic (exact) mass is 456 g/mol. The molecule has 2 atom stereocenters. The Labute approximate surface area is 193 Å². The summed E-state index contributed by atoms with van der Waals surface area (Å²) in [5.41, 5.74) is 2.72. The van der Waals surface area contributed by atoms with Crippen molar-refractivity contribution in [2.45, 2.75) is 50.9 Å². The van der Waals surface area contributed by atoms with Crippen molar-refractivity contribution in [3.8, 4) is 11.3 Å². The Balaban J connectivity index is 1.54. The minimum atomic E-state index is -0.453. The van der Waals surface area contributed by atoms with Crippen molar-refractivity contribution < 1.29 is 19.1 Å². The second kappa shape index (κ2) is 10.8. The van der Waals surface area contributed by atoms with E-state index in [1.807, 2.05) is 34.7 Å². The first-order chi connectivity index (χ1) is 16.1. The fraction of sp³-hybridized carbons (Fsp3) is 0.565. The number of hydrogen-bond donors (Lipinski definition) is 2. The van der Waals surface area contributed by atoms with E-state index in [9.17, 15) is 9.59 Å². The predicted molar refractivity (Wildman–Crippen MR) is 121 cm³/mol. The normalized spacial score (nSPS) is 19.0. The Hall–Kier alpha value is -2.98. The Morgan fingerprint density at radius 3 is 2.94 bits per heavy atom. The maximum absolute atomic E-state index is 13.3. The van der Waals surface area contributed by atoms with E-state index in [0.717, 1.165) is 36.3 Å². The molecule has 33 heavy (non-hydrogen) atoms. The summed E-state index contributed by atoms with van der Waals surface area (Å²) in [7, 11) is 1.35. The van der Waals surface area contributed by atoms with E-state index in [1.54, 1.807) is 12.4 Å². The second-order valence-electron chi connectivity index (χ2n) is 8.41. The number of pyridine rings is 1. The first kappa shape index (κ1) is 23.2. The van der Waals surface area contributed by atoms with E-state index in [0.29, 0.717) is 32.7 Å². The summed E-state index contributed by atoms with van der Waals surface area (Å²) >= 11 is 0. The van der Waals surface area contributed by atoms with Gasteiger partial charge in [-0.3, -0.25) is 14.5 Å². The number of carbonyl (C=O) groups is 2. The number of rotatable bonds is 9. The third-order valence-corrected chi connectivity index (χ3v) is 6.00. The molecule has 1 aliphatic carbocycles. The quantitative estimate of drug-likeness (QED) is 0.553. The number of methoxy groups -OCH3 is 1. The molecule has 2 aromatic heterocycles. The standard InChI is InChI=1S/C23H32N6O4/c1-16(29(18-6-7-18)22(30)21-15-25-10-12-33-21)19-13-20(17-5-3-8-24-14-17)28(27-19)11-4-9-26-23(31)32-2/h3,5,8,13-14,16,18,21,25H,4,6-7,9-12,15H2,1-2H3,(H,26,31)/t16-,21-/m1/s1. The van der Waals surface area contributed by atoms with Gasteiger partial charge in [0.15, 0.2) is 0 Å². The predicted octanol–water partition coefficient (Wildman–Crippen LogP) is 1.73. The van der Waals surface area contributed by atoms with Crippen LogP contribution in [0.2, 0.25) is 0 Å². The molecule has 1 saturated carbocycles. The Morgan fingerprint density at radius 1 is 1.42 bits per heavy atom. The van der Waals surface area contributed by atoms with Gasteiger partial charge in [-0.2, -0.15) is 5.10 Å². The van der Waals surface area contributed by atoms with Gasteiger partial charge < -0.3 is 25.0 Å². The molecule has 4 rings (SSSR count). The molecule has 2 N–H and O–H groups in total. The zero-order chi connectivity index (χ0) is 23.2. The SMILES string of the molecule is COC(=O)NCCCn1nc([C@@H](C)N(C(=O)[C@H]2CNCCO2)C2CC2)cc1-c1cccnc1. The lowest BCUT2D eigenvalue weighted by Gasteiger charge is -2.33. The van der Waals surface area contributed by atoms with E-state index >= 15 is 0 Å². The molecule has 10 heteroatoms. The number of hydrogen-bond acceptors (Lipinski definition) is 7. The average Bonchev–Trinajstić information content (AvgIpc) is 3.60. The smallest absolute Gasteiger partial charge is 0.406 e. The van der Waals surface area contributed by atoms with E-state index in [-0.39, 0.29) is 18.0 Å². The Kier molecular flexibility index (Phi) is 7.56. The van der Waals surface area contributed by atoms with Crippen molar-refractivity contribution in [3.63, 3.8) is 0 Å². The largest absolute Gasteiger partial charge is 0.453 e. The zero-order valence-electron chi connectivity index (χ0n) is 19.2. The van der Waals surface area contributed by atoms with Crippen molar-refractivity contribution in [1.82, 2.24) is 30.3 Å². The Morgan fingerprint density at radius 2 is 2.27 bits per heavy atom. The molecule has 2 fully saturated rings. The van der Waals surface area contributed by atoms with Gasteiger partial charge in [0.2, 0.25) is 0 Å². The van der Waals surface area contributed by atoms with E-state index < -0.39 is 12.2 Å². The molecule has 2 aromatic rings.